The lowest BCUT2D eigenvalue weighted by Gasteiger charge is -2.25. The first-order valence-corrected chi connectivity index (χ1v) is 4.24. The van der Waals surface area contributed by atoms with E-state index in [1.54, 1.807) is 0 Å². The monoisotopic (exact) mass is 204 g/mol. The number of hydrogen-bond donors (Lipinski definition) is 4. The Balaban J connectivity index is 4.46. The van der Waals surface area contributed by atoms with E-state index in [0.29, 0.717) is 0 Å². The predicted molar refractivity (Wildman–Crippen MR) is 49.7 cm³/mol. The molecule has 5 heteroatoms. The van der Waals surface area contributed by atoms with Crippen LogP contribution >= 0.6 is 0 Å². The van der Waals surface area contributed by atoms with Gasteiger partial charge in [0.15, 0.2) is 0 Å². The van der Waals surface area contributed by atoms with Gasteiger partial charge in [-0.2, -0.15) is 0 Å². The lowest BCUT2D eigenvalue weighted by molar-refractivity contribution is -0.132. The zero-order chi connectivity index (χ0) is 11.2. The van der Waals surface area contributed by atoms with Gasteiger partial charge in [0, 0.05) is 11.0 Å². The molecule has 5 nitrogen and oxygen atoms in total. The van der Waals surface area contributed by atoms with E-state index in [1.807, 2.05) is 0 Å². The summed E-state index contributed by atoms with van der Waals surface area (Å²) in [4.78, 5) is 10.4. The molecule has 0 aliphatic carbocycles. The molecule has 0 aromatic rings. The Labute approximate surface area is 82.3 Å². The lowest BCUT2D eigenvalue weighted by Crippen LogP contribution is -2.33. The van der Waals surface area contributed by atoms with E-state index in [2.05, 4.69) is 0 Å². The van der Waals surface area contributed by atoms with E-state index in [9.17, 15) is 4.79 Å². The number of rotatable bonds is 6. The van der Waals surface area contributed by atoms with Crippen LogP contribution in [0.5, 0.6) is 0 Å². The zero-order valence-corrected chi connectivity index (χ0v) is 8.10. The summed E-state index contributed by atoms with van der Waals surface area (Å²) < 4.78 is 0. The van der Waals surface area contributed by atoms with Crippen molar-refractivity contribution in [3.05, 3.63) is 11.6 Å². The average Bonchev–Trinajstić information content (AvgIpc) is 2.20. The lowest BCUT2D eigenvalue weighted by atomic mass is 9.86. The summed E-state index contributed by atoms with van der Waals surface area (Å²) >= 11 is 0. The van der Waals surface area contributed by atoms with Gasteiger partial charge in [0.2, 0.25) is 0 Å². The molecule has 0 fully saturated rings. The van der Waals surface area contributed by atoms with Crippen molar-refractivity contribution in [1.29, 1.82) is 0 Å². The van der Waals surface area contributed by atoms with Gasteiger partial charge in [0.05, 0.1) is 19.8 Å². The second kappa shape index (κ2) is 5.74. The van der Waals surface area contributed by atoms with Crippen molar-refractivity contribution in [2.24, 2.45) is 5.41 Å². The number of allylic oxidation sites excluding steroid dienone is 1. The van der Waals surface area contributed by atoms with Crippen LogP contribution in [-0.4, -0.2) is 46.2 Å². The molecule has 0 aliphatic heterocycles. The van der Waals surface area contributed by atoms with Gasteiger partial charge in [-0.25, -0.2) is 4.79 Å². The van der Waals surface area contributed by atoms with Gasteiger partial charge < -0.3 is 20.4 Å². The molecule has 0 saturated carbocycles. The molecular weight excluding hydrogens is 188 g/mol. The Morgan fingerprint density at radius 3 is 1.93 bits per heavy atom. The summed E-state index contributed by atoms with van der Waals surface area (Å²) in [6.45, 7) is 0.259. The molecule has 0 bridgehead atoms. The highest BCUT2D eigenvalue weighted by Gasteiger charge is 2.26. The Morgan fingerprint density at radius 2 is 1.64 bits per heavy atom. The van der Waals surface area contributed by atoms with E-state index >= 15 is 0 Å². The van der Waals surface area contributed by atoms with Gasteiger partial charge >= 0.3 is 5.97 Å². The maximum Gasteiger partial charge on any atom is 0.330 e. The van der Waals surface area contributed by atoms with Gasteiger partial charge in [-0.1, -0.05) is 6.08 Å². The smallest absolute Gasteiger partial charge is 0.330 e. The molecular formula is C9H16O5. The van der Waals surface area contributed by atoms with Crippen LogP contribution in [-0.2, 0) is 4.79 Å². The summed E-state index contributed by atoms with van der Waals surface area (Å²) in [6, 6.07) is 0. The number of carbonyl (C=O) groups is 1. The Kier molecular flexibility index (Phi) is 5.37. The number of carboxylic acids is 1. The maximum atomic E-state index is 10.4. The van der Waals surface area contributed by atoms with Crippen LogP contribution in [0, 0.1) is 5.41 Å². The van der Waals surface area contributed by atoms with Crippen LogP contribution in [0.3, 0.4) is 0 Å². The highest BCUT2D eigenvalue weighted by Crippen LogP contribution is 2.21. The Morgan fingerprint density at radius 1 is 1.21 bits per heavy atom. The second-order valence-corrected chi connectivity index (χ2v) is 3.37. The first-order chi connectivity index (χ1) is 6.51. The van der Waals surface area contributed by atoms with E-state index in [1.165, 1.54) is 13.0 Å². The molecule has 0 aromatic heterocycles. The quantitative estimate of drug-likeness (QED) is 0.432. The highest BCUT2D eigenvalue weighted by atomic mass is 16.4. The van der Waals surface area contributed by atoms with Crippen molar-refractivity contribution in [3.63, 3.8) is 0 Å². The third kappa shape index (κ3) is 3.45. The van der Waals surface area contributed by atoms with Crippen LogP contribution in [0.15, 0.2) is 11.6 Å². The molecule has 0 amide bonds. The number of carboxylic acid groups (broad SMARTS) is 1. The molecule has 0 aliphatic rings. The molecule has 0 atom stereocenters. The minimum absolute atomic E-state index is 0.129. The number of hydrogen-bond acceptors (Lipinski definition) is 4. The van der Waals surface area contributed by atoms with Crippen molar-refractivity contribution in [2.45, 2.75) is 13.3 Å². The number of aliphatic carboxylic acids is 1. The molecule has 0 unspecified atom stereocenters. The predicted octanol–water partition coefficient (Wildman–Crippen LogP) is -0.629. The summed E-state index contributed by atoms with van der Waals surface area (Å²) in [6.07, 6.45) is 1.51. The van der Waals surface area contributed by atoms with Crippen molar-refractivity contribution in [1.82, 2.24) is 0 Å². The average molecular weight is 204 g/mol. The van der Waals surface area contributed by atoms with E-state index in [0.717, 1.165) is 0 Å². The SMILES string of the molecule is CC(=CCC(CO)(CO)CO)C(=O)O. The molecule has 0 aromatic carbocycles. The van der Waals surface area contributed by atoms with Crippen LogP contribution in [0.25, 0.3) is 0 Å². The molecule has 0 spiro atoms. The first kappa shape index (κ1) is 13.1. The van der Waals surface area contributed by atoms with E-state index in [4.69, 9.17) is 20.4 Å². The first-order valence-electron chi connectivity index (χ1n) is 4.24. The summed E-state index contributed by atoms with van der Waals surface area (Å²) in [5, 5.41) is 35.3. The van der Waals surface area contributed by atoms with Crippen LogP contribution in [0.4, 0.5) is 0 Å². The Bertz CT molecular complexity index is 209. The summed E-state index contributed by atoms with van der Waals surface area (Å²) in [7, 11) is 0. The van der Waals surface area contributed by atoms with Crippen molar-refractivity contribution in [2.75, 3.05) is 19.8 Å². The molecule has 14 heavy (non-hydrogen) atoms. The standard InChI is InChI=1S/C9H16O5/c1-7(8(13)14)2-3-9(4-10,5-11)6-12/h2,10-12H,3-6H2,1H3,(H,13,14). The van der Waals surface area contributed by atoms with Gasteiger partial charge in [-0.15, -0.1) is 0 Å². The van der Waals surface area contributed by atoms with Crippen molar-refractivity contribution >= 4 is 5.97 Å². The molecule has 82 valence electrons. The zero-order valence-electron chi connectivity index (χ0n) is 8.10. The van der Waals surface area contributed by atoms with Crippen molar-refractivity contribution < 1.29 is 25.2 Å². The van der Waals surface area contributed by atoms with Crippen LogP contribution in [0.2, 0.25) is 0 Å². The minimum atomic E-state index is -1.05. The van der Waals surface area contributed by atoms with E-state index in [-0.39, 0.29) is 31.8 Å². The molecule has 0 rings (SSSR count). The molecule has 0 heterocycles. The third-order valence-corrected chi connectivity index (χ3v) is 2.18. The third-order valence-electron chi connectivity index (χ3n) is 2.18. The van der Waals surface area contributed by atoms with Gasteiger partial charge in [-0.05, 0) is 13.3 Å². The summed E-state index contributed by atoms with van der Waals surface area (Å²) in [5.41, 5.74) is -0.902. The van der Waals surface area contributed by atoms with Crippen LogP contribution < -0.4 is 0 Å². The maximum absolute atomic E-state index is 10.4. The van der Waals surface area contributed by atoms with Gasteiger partial charge in [0.1, 0.15) is 0 Å². The Hall–Kier alpha value is -0.910. The largest absolute Gasteiger partial charge is 0.478 e. The van der Waals surface area contributed by atoms with Crippen molar-refractivity contribution in [3.8, 4) is 0 Å². The topological polar surface area (TPSA) is 98.0 Å². The second-order valence-electron chi connectivity index (χ2n) is 3.37. The van der Waals surface area contributed by atoms with Crippen LogP contribution in [0.1, 0.15) is 13.3 Å². The van der Waals surface area contributed by atoms with Gasteiger partial charge in [-0.3, -0.25) is 0 Å². The van der Waals surface area contributed by atoms with Gasteiger partial charge in [0.25, 0.3) is 0 Å². The highest BCUT2D eigenvalue weighted by molar-refractivity contribution is 5.85. The molecule has 0 saturated heterocycles. The fourth-order valence-corrected chi connectivity index (χ4v) is 0.801. The molecule has 4 N–H and O–H groups in total. The van der Waals surface area contributed by atoms with E-state index < -0.39 is 11.4 Å². The minimum Gasteiger partial charge on any atom is -0.478 e. The molecule has 0 radical (unpaired) electrons. The normalized spacial score (nSPS) is 13.0. The summed E-state index contributed by atoms with van der Waals surface area (Å²) in [5.74, 6) is -1.05. The fourth-order valence-electron chi connectivity index (χ4n) is 0.801. The number of aliphatic hydroxyl groups is 3. The fraction of sp³-hybridized carbons (Fsp3) is 0.667. The number of aliphatic hydroxyl groups excluding tert-OH is 3.